The molecule has 0 aromatic heterocycles. The minimum Gasteiger partial charge on any atom is -0.494 e. The fraction of sp³-hybridized carbons (Fsp3) is 0.435. The fourth-order valence-electron chi connectivity index (χ4n) is 3.39. The molecule has 0 bridgehead atoms. The topological polar surface area (TPSA) is 44.8 Å². The third kappa shape index (κ3) is 6.12. The van der Waals surface area contributed by atoms with E-state index in [-0.39, 0.29) is 5.91 Å². The average molecular weight is 416 g/mol. The highest BCUT2D eigenvalue weighted by Gasteiger charge is 2.15. The molecule has 1 aliphatic heterocycles. The normalized spacial score (nSPS) is 14.7. The number of benzene rings is 2. The number of hydrogen-bond donors (Lipinski definition) is 1. The van der Waals surface area contributed by atoms with Crippen LogP contribution in [0, 0.1) is 13.8 Å². The summed E-state index contributed by atoms with van der Waals surface area (Å²) in [5.74, 6) is 0.791. The lowest BCUT2D eigenvalue weighted by atomic mass is 10.1. The lowest BCUT2D eigenvalue weighted by Crippen LogP contribution is -2.44. The van der Waals surface area contributed by atoms with E-state index >= 15 is 0 Å². The van der Waals surface area contributed by atoms with E-state index in [2.05, 4.69) is 34.3 Å². The molecule has 2 aromatic rings. The van der Waals surface area contributed by atoms with Gasteiger partial charge in [-0.15, -0.1) is 0 Å². The predicted molar refractivity (Wildman–Crippen MR) is 120 cm³/mol. The maximum atomic E-state index is 12.3. The molecule has 156 valence electrons. The number of rotatable bonds is 7. The van der Waals surface area contributed by atoms with Gasteiger partial charge in [0.2, 0.25) is 5.91 Å². The van der Waals surface area contributed by atoms with E-state index in [1.807, 2.05) is 38.1 Å². The van der Waals surface area contributed by atoms with Gasteiger partial charge < -0.3 is 19.9 Å². The highest BCUT2D eigenvalue weighted by atomic mass is 35.5. The highest BCUT2D eigenvalue weighted by molar-refractivity contribution is 6.31. The third-order valence-electron chi connectivity index (χ3n) is 5.30. The van der Waals surface area contributed by atoms with Crippen LogP contribution >= 0.6 is 11.6 Å². The largest absolute Gasteiger partial charge is 0.494 e. The first-order valence-electron chi connectivity index (χ1n) is 10.2. The van der Waals surface area contributed by atoms with Crippen molar-refractivity contribution in [3.8, 4) is 5.75 Å². The molecule has 1 N–H and O–H groups in total. The van der Waals surface area contributed by atoms with Crippen molar-refractivity contribution >= 4 is 28.9 Å². The molecule has 1 saturated heterocycles. The number of amides is 1. The monoisotopic (exact) mass is 415 g/mol. The van der Waals surface area contributed by atoms with Gasteiger partial charge in [0.15, 0.2) is 0 Å². The van der Waals surface area contributed by atoms with Gasteiger partial charge in [-0.25, -0.2) is 0 Å². The zero-order valence-electron chi connectivity index (χ0n) is 17.5. The van der Waals surface area contributed by atoms with Crippen LogP contribution in [0.4, 0.5) is 11.4 Å². The van der Waals surface area contributed by atoms with Gasteiger partial charge in [0.1, 0.15) is 5.75 Å². The van der Waals surface area contributed by atoms with Crippen molar-refractivity contribution < 1.29 is 9.53 Å². The van der Waals surface area contributed by atoms with Crippen molar-refractivity contribution in [3.63, 3.8) is 0 Å². The molecule has 29 heavy (non-hydrogen) atoms. The molecule has 0 unspecified atom stereocenters. The second-order valence-corrected chi connectivity index (χ2v) is 8.11. The van der Waals surface area contributed by atoms with Gasteiger partial charge in [-0.3, -0.25) is 4.79 Å². The van der Waals surface area contributed by atoms with Gasteiger partial charge in [0.25, 0.3) is 0 Å². The number of nitrogens with one attached hydrogen (secondary N) is 1. The third-order valence-corrected chi connectivity index (χ3v) is 5.72. The first-order valence-corrected chi connectivity index (χ1v) is 10.5. The van der Waals surface area contributed by atoms with Gasteiger partial charge in [-0.1, -0.05) is 11.6 Å². The van der Waals surface area contributed by atoms with Gasteiger partial charge in [0, 0.05) is 49.0 Å². The summed E-state index contributed by atoms with van der Waals surface area (Å²) in [7, 11) is 2.16. The fourth-order valence-corrected chi connectivity index (χ4v) is 3.51. The summed E-state index contributed by atoms with van der Waals surface area (Å²) in [6, 6.07) is 11.8. The molecule has 0 radical (unpaired) electrons. The molecule has 5 nitrogen and oxygen atoms in total. The summed E-state index contributed by atoms with van der Waals surface area (Å²) in [5.41, 5.74) is 4.17. The molecular formula is C23H30ClN3O2. The zero-order valence-corrected chi connectivity index (χ0v) is 18.3. The Morgan fingerprint density at radius 1 is 1.07 bits per heavy atom. The molecule has 1 fully saturated rings. The highest BCUT2D eigenvalue weighted by Crippen LogP contribution is 2.24. The van der Waals surface area contributed by atoms with E-state index in [0.717, 1.165) is 53.8 Å². The number of aryl methyl sites for hydroxylation is 2. The number of hydrogen-bond acceptors (Lipinski definition) is 4. The standard InChI is InChI=1S/C23H30ClN3O2/c1-17-16-20(7-8-21(17)24)29-14-4-5-23(28)25-22-9-6-19(15-18(22)2)27-12-10-26(3)11-13-27/h6-9,15-16H,4-5,10-14H2,1-3H3,(H,25,28). The molecule has 0 aliphatic carbocycles. The van der Waals surface area contributed by atoms with Gasteiger partial charge >= 0.3 is 0 Å². The summed E-state index contributed by atoms with van der Waals surface area (Å²) in [4.78, 5) is 17.0. The maximum absolute atomic E-state index is 12.3. The van der Waals surface area contributed by atoms with E-state index in [4.69, 9.17) is 16.3 Å². The van der Waals surface area contributed by atoms with Crippen molar-refractivity contribution in [2.75, 3.05) is 50.1 Å². The predicted octanol–water partition coefficient (Wildman–Crippen LogP) is 4.51. The smallest absolute Gasteiger partial charge is 0.224 e. The Morgan fingerprint density at radius 3 is 2.52 bits per heavy atom. The van der Waals surface area contributed by atoms with E-state index in [0.29, 0.717) is 19.4 Å². The van der Waals surface area contributed by atoms with Crippen LogP contribution < -0.4 is 15.0 Å². The van der Waals surface area contributed by atoms with E-state index in [9.17, 15) is 4.79 Å². The van der Waals surface area contributed by atoms with Crippen molar-refractivity contribution in [3.05, 3.63) is 52.5 Å². The quantitative estimate of drug-likeness (QED) is 0.676. The summed E-state index contributed by atoms with van der Waals surface area (Å²) in [6.07, 6.45) is 1.08. The first-order chi connectivity index (χ1) is 13.9. The van der Waals surface area contributed by atoms with Crippen molar-refractivity contribution in [2.24, 2.45) is 0 Å². The van der Waals surface area contributed by atoms with Gasteiger partial charge in [0.05, 0.1) is 6.61 Å². The Balaban J connectivity index is 1.44. The number of halogens is 1. The van der Waals surface area contributed by atoms with Crippen molar-refractivity contribution in [2.45, 2.75) is 26.7 Å². The molecule has 6 heteroatoms. The Morgan fingerprint density at radius 2 is 1.83 bits per heavy atom. The van der Waals surface area contributed by atoms with Crippen LogP contribution in [0.25, 0.3) is 0 Å². The molecular weight excluding hydrogens is 386 g/mol. The second kappa shape index (κ2) is 9.99. The second-order valence-electron chi connectivity index (χ2n) is 7.70. The summed E-state index contributed by atoms with van der Waals surface area (Å²) < 4.78 is 5.71. The number of likely N-dealkylation sites (N-methyl/N-ethyl adjacent to an activating group) is 1. The van der Waals surface area contributed by atoms with E-state index < -0.39 is 0 Å². The molecule has 2 aromatic carbocycles. The van der Waals surface area contributed by atoms with E-state index in [1.54, 1.807) is 0 Å². The number of carbonyl (C=O) groups is 1. The van der Waals surface area contributed by atoms with Gasteiger partial charge in [-0.2, -0.15) is 0 Å². The molecule has 0 atom stereocenters. The Kier molecular flexibility index (Phi) is 7.40. The van der Waals surface area contributed by atoms with Crippen molar-refractivity contribution in [1.29, 1.82) is 0 Å². The molecule has 3 rings (SSSR count). The summed E-state index contributed by atoms with van der Waals surface area (Å²) in [5, 5.41) is 3.75. The van der Waals surface area contributed by atoms with Crippen LogP contribution in [0.15, 0.2) is 36.4 Å². The SMILES string of the molecule is Cc1cc(OCCCC(=O)Nc2ccc(N3CCN(C)CC3)cc2C)ccc1Cl. The summed E-state index contributed by atoms with van der Waals surface area (Å²) in [6.45, 7) is 8.71. The number of nitrogens with zero attached hydrogens (tertiary/aromatic N) is 2. The lowest BCUT2D eigenvalue weighted by Gasteiger charge is -2.34. The zero-order chi connectivity index (χ0) is 20.8. The lowest BCUT2D eigenvalue weighted by molar-refractivity contribution is -0.116. The number of piperazine rings is 1. The molecule has 1 aliphatic rings. The Labute approximate surface area is 178 Å². The molecule has 1 amide bonds. The van der Waals surface area contributed by atoms with Gasteiger partial charge in [-0.05, 0) is 74.8 Å². The molecule has 0 saturated carbocycles. The maximum Gasteiger partial charge on any atom is 0.224 e. The summed E-state index contributed by atoms with van der Waals surface area (Å²) >= 11 is 6.02. The molecule has 1 heterocycles. The number of ether oxygens (including phenoxy) is 1. The van der Waals surface area contributed by atoms with Crippen LogP contribution in [0.5, 0.6) is 5.75 Å². The Bertz CT molecular complexity index is 848. The van der Waals surface area contributed by atoms with Crippen LogP contribution in [0.1, 0.15) is 24.0 Å². The van der Waals surface area contributed by atoms with E-state index in [1.165, 1.54) is 5.69 Å². The number of anilines is 2. The van der Waals surface area contributed by atoms with Crippen LogP contribution in [0.2, 0.25) is 5.02 Å². The van der Waals surface area contributed by atoms with Crippen LogP contribution in [-0.4, -0.2) is 50.6 Å². The molecule has 0 spiro atoms. The van der Waals surface area contributed by atoms with Crippen molar-refractivity contribution in [1.82, 2.24) is 4.90 Å². The average Bonchev–Trinajstić information content (AvgIpc) is 2.70. The minimum atomic E-state index is 0.0105. The first kappa shape index (κ1) is 21.5. The Hall–Kier alpha value is -2.24. The number of carbonyl (C=O) groups excluding carboxylic acids is 1. The van der Waals surface area contributed by atoms with Crippen LogP contribution in [-0.2, 0) is 4.79 Å². The minimum absolute atomic E-state index is 0.0105. The van der Waals surface area contributed by atoms with Crippen LogP contribution in [0.3, 0.4) is 0 Å².